The molecule has 1 heterocycles. The van der Waals surface area contributed by atoms with Gasteiger partial charge in [-0.25, -0.2) is 13.9 Å². The van der Waals surface area contributed by atoms with Crippen molar-refractivity contribution >= 4 is 29.2 Å². The van der Waals surface area contributed by atoms with Crippen molar-refractivity contribution in [1.29, 1.82) is 0 Å². The third kappa shape index (κ3) is 4.45. The number of rotatable bonds is 5. The van der Waals surface area contributed by atoms with Crippen molar-refractivity contribution in [3.63, 3.8) is 0 Å². The molecule has 2 aromatic carbocycles. The zero-order chi connectivity index (χ0) is 19.4. The Labute approximate surface area is 157 Å². The van der Waals surface area contributed by atoms with Crippen LogP contribution in [0.25, 0.3) is 5.69 Å². The fraction of sp³-hybridized carbons (Fsp3) is 0.118. The fourth-order valence-corrected chi connectivity index (χ4v) is 2.31. The number of anilines is 1. The van der Waals surface area contributed by atoms with Gasteiger partial charge in [0.05, 0.1) is 16.3 Å². The summed E-state index contributed by atoms with van der Waals surface area (Å²) in [6, 6.07) is 10.1. The number of nitrogens with zero attached hydrogens (tertiary/aromatic N) is 4. The van der Waals surface area contributed by atoms with E-state index in [9.17, 15) is 14.0 Å². The maximum Gasteiger partial charge on any atom is 0.338 e. The standard InChI is InChI=1S/C17H13ClFN5O3/c1-10(16(25)21-12-4-7-15(19)14(18)8-12)27-17(26)11-2-5-13(6-3-11)24-9-20-22-23-24/h2-10H,1H3,(H,21,25)/t10-/m1/s1. The van der Waals surface area contributed by atoms with Crippen LogP contribution in [0.3, 0.4) is 0 Å². The van der Waals surface area contributed by atoms with E-state index in [2.05, 4.69) is 20.8 Å². The van der Waals surface area contributed by atoms with Crippen LogP contribution in [0.2, 0.25) is 5.02 Å². The minimum Gasteiger partial charge on any atom is -0.449 e. The van der Waals surface area contributed by atoms with Crippen molar-refractivity contribution in [2.75, 3.05) is 5.32 Å². The normalized spacial score (nSPS) is 11.7. The van der Waals surface area contributed by atoms with Crippen LogP contribution in [0.5, 0.6) is 0 Å². The Morgan fingerprint density at radius 1 is 1.22 bits per heavy atom. The molecule has 27 heavy (non-hydrogen) atoms. The number of hydrogen-bond acceptors (Lipinski definition) is 6. The van der Waals surface area contributed by atoms with Crippen molar-refractivity contribution in [3.8, 4) is 5.69 Å². The Morgan fingerprint density at radius 3 is 2.59 bits per heavy atom. The van der Waals surface area contributed by atoms with Crippen LogP contribution in [0, 0.1) is 5.82 Å². The molecule has 0 radical (unpaired) electrons. The lowest BCUT2D eigenvalue weighted by Gasteiger charge is -2.14. The van der Waals surface area contributed by atoms with Crippen LogP contribution in [0.4, 0.5) is 10.1 Å². The van der Waals surface area contributed by atoms with Gasteiger partial charge in [0, 0.05) is 5.69 Å². The highest BCUT2D eigenvalue weighted by molar-refractivity contribution is 6.31. The third-order valence-electron chi connectivity index (χ3n) is 3.56. The highest BCUT2D eigenvalue weighted by Crippen LogP contribution is 2.19. The highest BCUT2D eigenvalue weighted by Gasteiger charge is 2.19. The first-order chi connectivity index (χ1) is 12.9. The molecule has 1 aromatic heterocycles. The number of carbonyl (C=O) groups is 2. The number of amides is 1. The van der Waals surface area contributed by atoms with E-state index >= 15 is 0 Å². The summed E-state index contributed by atoms with van der Waals surface area (Å²) in [7, 11) is 0. The molecule has 1 atom stereocenters. The van der Waals surface area contributed by atoms with Crippen molar-refractivity contribution in [1.82, 2.24) is 20.2 Å². The SMILES string of the molecule is C[C@@H](OC(=O)c1ccc(-n2cnnn2)cc1)C(=O)Nc1ccc(F)c(Cl)c1. The Hall–Kier alpha value is -3.33. The van der Waals surface area contributed by atoms with E-state index in [4.69, 9.17) is 16.3 Å². The Morgan fingerprint density at radius 2 is 1.96 bits per heavy atom. The van der Waals surface area contributed by atoms with Crippen molar-refractivity contribution in [3.05, 3.63) is 65.2 Å². The summed E-state index contributed by atoms with van der Waals surface area (Å²) in [5.74, 6) is -1.84. The van der Waals surface area contributed by atoms with E-state index < -0.39 is 23.8 Å². The number of carbonyl (C=O) groups excluding carboxylic acids is 2. The lowest BCUT2D eigenvalue weighted by Crippen LogP contribution is -2.30. The predicted molar refractivity (Wildman–Crippen MR) is 94.1 cm³/mol. The van der Waals surface area contributed by atoms with Crippen LogP contribution in [0.1, 0.15) is 17.3 Å². The quantitative estimate of drug-likeness (QED) is 0.673. The summed E-state index contributed by atoms with van der Waals surface area (Å²) in [5, 5.41) is 13.2. The largest absolute Gasteiger partial charge is 0.449 e. The first-order valence-electron chi connectivity index (χ1n) is 7.74. The number of hydrogen-bond donors (Lipinski definition) is 1. The van der Waals surface area contributed by atoms with E-state index in [-0.39, 0.29) is 10.6 Å². The number of benzene rings is 2. The number of nitrogens with one attached hydrogen (secondary N) is 1. The van der Waals surface area contributed by atoms with Gasteiger partial charge in [0.15, 0.2) is 6.10 Å². The third-order valence-corrected chi connectivity index (χ3v) is 3.85. The maximum absolute atomic E-state index is 13.1. The van der Waals surface area contributed by atoms with Crippen LogP contribution in [0.15, 0.2) is 48.8 Å². The van der Waals surface area contributed by atoms with Gasteiger partial charge in [-0.3, -0.25) is 4.79 Å². The molecule has 1 amide bonds. The van der Waals surface area contributed by atoms with Gasteiger partial charge in [-0.05, 0) is 59.8 Å². The van der Waals surface area contributed by atoms with Crippen LogP contribution >= 0.6 is 11.6 Å². The minimum atomic E-state index is -1.07. The summed E-state index contributed by atoms with van der Waals surface area (Å²) >= 11 is 5.67. The van der Waals surface area contributed by atoms with Crippen LogP contribution < -0.4 is 5.32 Å². The number of tetrazole rings is 1. The zero-order valence-electron chi connectivity index (χ0n) is 14.0. The molecule has 0 aliphatic carbocycles. The van der Waals surface area contributed by atoms with E-state index in [1.165, 1.54) is 42.2 Å². The van der Waals surface area contributed by atoms with Gasteiger partial charge in [-0.1, -0.05) is 11.6 Å². The topological polar surface area (TPSA) is 99.0 Å². The van der Waals surface area contributed by atoms with E-state index in [0.29, 0.717) is 11.4 Å². The number of esters is 1. The van der Waals surface area contributed by atoms with Crippen molar-refractivity contribution < 1.29 is 18.7 Å². The van der Waals surface area contributed by atoms with Gasteiger partial charge in [0.1, 0.15) is 12.1 Å². The molecule has 0 fully saturated rings. The summed E-state index contributed by atoms with van der Waals surface area (Å²) < 4.78 is 19.7. The van der Waals surface area contributed by atoms with E-state index in [1.807, 2.05) is 0 Å². The summed E-state index contributed by atoms with van der Waals surface area (Å²) in [5.41, 5.74) is 1.21. The lowest BCUT2D eigenvalue weighted by atomic mass is 10.2. The first-order valence-corrected chi connectivity index (χ1v) is 8.12. The van der Waals surface area contributed by atoms with Crippen molar-refractivity contribution in [2.24, 2.45) is 0 Å². The Balaban J connectivity index is 1.61. The molecule has 0 saturated heterocycles. The molecule has 0 unspecified atom stereocenters. The van der Waals surface area contributed by atoms with Crippen LogP contribution in [-0.2, 0) is 9.53 Å². The second-order valence-corrected chi connectivity index (χ2v) is 5.87. The molecule has 0 aliphatic rings. The molecule has 0 saturated carbocycles. The molecule has 0 spiro atoms. The second kappa shape index (κ2) is 7.92. The highest BCUT2D eigenvalue weighted by atomic mass is 35.5. The molecule has 3 aromatic rings. The molecule has 0 bridgehead atoms. The maximum atomic E-state index is 13.1. The molecular weight excluding hydrogens is 377 g/mol. The Bertz CT molecular complexity index is 963. The van der Waals surface area contributed by atoms with Gasteiger partial charge in [0.2, 0.25) is 0 Å². The number of ether oxygens (including phenoxy) is 1. The van der Waals surface area contributed by atoms with Gasteiger partial charge in [-0.2, -0.15) is 0 Å². The number of halogens is 2. The summed E-state index contributed by atoms with van der Waals surface area (Å²) in [6.07, 6.45) is 0.349. The monoisotopic (exact) mass is 389 g/mol. The second-order valence-electron chi connectivity index (χ2n) is 5.47. The zero-order valence-corrected chi connectivity index (χ0v) is 14.7. The molecule has 10 heteroatoms. The van der Waals surface area contributed by atoms with Crippen molar-refractivity contribution in [2.45, 2.75) is 13.0 Å². The lowest BCUT2D eigenvalue weighted by molar-refractivity contribution is -0.123. The predicted octanol–water partition coefficient (Wildman–Crippen LogP) is 2.64. The summed E-state index contributed by atoms with van der Waals surface area (Å²) in [4.78, 5) is 24.3. The molecule has 3 rings (SSSR count). The van der Waals surface area contributed by atoms with Gasteiger partial charge in [0.25, 0.3) is 5.91 Å². The van der Waals surface area contributed by atoms with Gasteiger partial charge < -0.3 is 10.1 Å². The van der Waals surface area contributed by atoms with Gasteiger partial charge in [-0.15, -0.1) is 5.10 Å². The molecule has 8 nitrogen and oxygen atoms in total. The number of aromatic nitrogens is 4. The Kier molecular flexibility index (Phi) is 5.41. The fourth-order valence-electron chi connectivity index (χ4n) is 2.13. The molecule has 138 valence electrons. The average Bonchev–Trinajstić information content (AvgIpc) is 3.19. The van der Waals surface area contributed by atoms with Gasteiger partial charge >= 0.3 is 5.97 Å². The molecular formula is C17H13ClFN5O3. The molecule has 1 N–H and O–H groups in total. The smallest absolute Gasteiger partial charge is 0.338 e. The van der Waals surface area contributed by atoms with Crippen LogP contribution in [-0.4, -0.2) is 38.2 Å². The first kappa shape index (κ1) is 18.5. The summed E-state index contributed by atoms with van der Waals surface area (Å²) in [6.45, 7) is 1.42. The average molecular weight is 390 g/mol. The molecule has 0 aliphatic heterocycles. The van der Waals surface area contributed by atoms with E-state index in [0.717, 1.165) is 6.07 Å². The minimum absolute atomic E-state index is 0.125. The van der Waals surface area contributed by atoms with E-state index in [1.54, 1.807) is 12.1 Å².